The van der Waals surface area contributed by atoms with Crippen molar-refractivity contribution in [1.29, 1.82) is 0 Å². The van der Waals surface area contributed by atoms with Gasteiger partial charge in [0.05, 0.1) is 19.0 Å². The van der Waals surface area contributed by atoms with Crippen molar-refractivity contribution in [2.45, 2.75) is 44.4 Å². The van der Waals surface area contributed by atoms with E-state index in [4.69, 9.17) is 9.15 Å². The molecule has 0 aliphatic rings. The first-order valence-electron chi connectivity index (χ1n) is 12.0. The number of hydrogen-bond donors (Lipinski definition) is 2. The van der Waals surface area contributed by atoms with Crippen LogP contribution in [0.1, 0.15) is 61.5 Å². The molecule has 192 valence electrons. The predicted molar refractivity (Wildman–Crippen MR) is 145 cm³/mol. The second kappa shape index (κ2) is 11.5. The molecule has 2 heterocycles. The lowest BCUT2D eigenvalue weighted by Crippen LogP contribution is -2.19. The standard InChI is InChI=1S/C28H30N4O4S/c1-17(2)21-13-14-29-25(18(3)4)26(21)32-37(34)24-15-20(11-12-22(24)35-5)31-27(33)28-30-16-23(36-28)19-9-7-6-8-10-19/h6-18,32H,1-5H3,(H,31,33). The molecule has 0 fully saturated rings. The van der Waals surface area contributed by atoms with E-state index < -0.39 is 17.3 Å². The number of ether oxygens (including phenoxy) is 1. The van der Waals surface area contributed by atoms with Gasteiger partial charge in [0, 0.05) is 23.5 Å². The van der Waals surface area contributed by atoms with Crippen molar-refractivity contribution in [3.8, 4) is 17.1 Å². The van der Waals surface area contributed by atoms with Crippen molar-refractivity contribution in [2.75, 3.05) is 17.1 Å². The maximum atomic E-state index is 13.6. The van der Waals surface area contributed by atoms with Gasteiger partial charge in [0.1, 0.15) is 17.0 Å². The van der Waals surface area contributed by atoms with E-state index in [2.05, 4.69) is 33.9 Å². The summed E-state index contributed by atoms with van der Waals surface area (Å²) in [6.07, 6.45) is 3.29. The summed E-state index contributed by atoms with van der Waals surface area (Å²) in [5, 5.41) is 2.77. The van der Waals surface area contributed by atoms with Crippen LogP contribution in [0.5, 0.6) is 5.75 Å². The first kappa shape index (κ1) is 26.2. The van der Waals surface area contributed by atoms with Gasteiger partial charge in [-0.3, -0.25) is 9.78 Å². The Bertz CT molecular complexity index is 1350. The summed E-state index contributed by atoms with van der Waals surface area (Å²) >= 11 is -1.70. The Morgan fingerprint density at radius 1 is 1.03 bits per heavy atom. The fourth-order valence-electron chi connectivity index (χ4n) is 3.87. The van der Waals surface area contributed by atoms with Crippen molar-refractivity contribution in [1.82, 2.24) is 9.97 Å². The van der Waals surface area contributed by atoms with Crippen molar-refractivity contribution in [3.63, 3.8) is 0 Å². The number of nitrogens with zero attached hydrogens (tertiary/aromatic N) is 2. The zero-order valence-corrected chi connectivity index (χ0v) is 22.3. The van der Waals surface area contributed by atoms with E-state index in [1.807, 2.05) is 50.2 Å². The van der Waals surface area contributed by atoms with E-state index in [1.54, 1.807) is 24.4 Å². The minimum absolute atomic E-state index is 0.0750. The Labute approximate surface area is 219 Å². The van der Waals surface area contributed by atoms with Crippen molar-refractivity contribution in [3.05, 3.63) is 84.1 Å². The van der Waals surface area contributed by atoms with Gasteiger partial charge in [0.15, 0.2) is 11.5 Å². The molecule has 1 atom stereocenters. The summed E-state index contributed by atoms with van der Waals surface area (Å²) < 4.78 is 27.8. The molecule has 8 nitrogen and oxygen atoms in total. The van der Waals surface area contributed by atoms with Gasteiger partial charge in [-0.25, -0.2) is 9.71 Å². The number of carbonyl (C=O) groups is 1. The van der Waals surface area contributed by atoms with Gasteiger partial charge in [-0.05, 0) is 35.6 Å². The number of pyridine rings is 1. The van der Waals surface area contributed by atoms with E-state index in [9.17, 15) is 9.35 Å². The molecule has 0 bridgehead atoms. The van der Waals surface area contributed by atoms with Crippen LogP contribution in [0.15, 0.2) is 76.3 Å². The fourth-order valence-corrected chi connectivity index (χ4v) is 4.96. The summed E-state index contributed by atoms with van der Waals surface area (Å²) in [6.45, 7) is 8.25. The lowest BCUT2D eigenvalue weighted by molar-refractivity contribution is 0.0991. The van der Waals surface area contributed by atoms with Gasteiger partial charge >= 0.3 is 5.91 Å². The number of rotatable bonds is 9. The first-order valence-corrected chi connectivity index (χ1v) is 13.1. The molecular formula is C28H30N4O4S. The number of benzene rings is 2. The molecule has 0 radical (unpaired) electrons. The van der Waals surface area contributed by atoms with Gasteiger partial charge in [-0.2, -0.15) is 0 Å². The largest absolute Gasteiger partial charge is 0.588 e. The van der Waals surface area contributed by atoms with E-state index in [1.165, 1.54) is 13.3 Å². The monoisotopic (exact) mass is 518 g/mol. The van der Waals surface area contributed by atoms with Crippen LogP contribution in [-0.2, 0) is 11.4 Å². The summed E-state index contributed by atoms with van der Waals surface area (Å²) in [5.74, 6) is 0.654. The zero-order valence-electron chi connectivity index (χ0n) is 21.4. The lowest BCUT2D eigenvalue weighted by atomic mass is 9.98. The van der Waals surface area contributed by atoms with E-state index in [-0.39, 0.29) is 17.7 Å². The number of anilines is 2. The highest BCUT2D eigenvalue weighted by atomic mass is 32.2. The highest BCUT2D eigenvalue weighted by Crippen LogP contribution is 2.35. The number of carbonyl (C=O) groups excluding carboxylic acids is 1. The van der Waals surface area contributed by atoms with Crippen molar-refractivity contribution in [2.24, 2.45) is 0 Å². The molecule has 4 rings (SSSR count). The van der Waals surface area contributed by atoms with Gasteiger partial charge in [-0.15, -0.1) is 0 Å². The second-order valence-electron chi connectivity index (χ2n) is 9.06. The molecule has 0 saturated carbocycles. The number of amides is 1. The van der Waals surface area contributed by atoms with Crippen LogP contribution >= 0.6 is 0 Å². The zero-order chi connectivity index (χ0) is 26.5. The minimum Gasteiger partial charge on any atom is -0.588 e. The highest BCUT2D eigenvalue weighted by Gasteiger charge is 2.25. The number of hydrogen-bond acceptors (Lipinski definition) is 7. The molecule has 2 aromatic heterocycles. The topological polar surface area (TPSA) is 112 Å². The molecule has 2 N–H and O–H groups in total. The molecular weight excluding hydrogens is 488 g/mol. The van der Waals surface area contributed by atoms with Gasteiger partial charge in [0.2, 0.25) is 4.90 Å². The number of aromatic nitrogens is 2. The Morgan fingerprint density at radius 3 is 2.46 bits per heavy atom. The Morgan fingerprint density at radius 2 is 1.78 bits per heavy atom. The van der Waals surface area contributed by atoms with Crippen LogP contribution in [0.3, 0.4) is 0 Å². The normalized spacial score (nSPS) is 12.0. The van der Waals surface area contributed by atoms with E-state index >= 15 is 0 Å². The van der Waals surface area contributed by atoms with Crippen LogP contribution in [0, 0.1) is 0 Å². The van der Waals surface area contributed by atoms with Crippen LogP contribution in [0.4, 0.5) is 11.4 Å². The number of methoxy groups -OCH3 is 1. The van der Waals surface area contributed by atoms with E-state index in [0.717, 1.165) is 22.5 Å². The first-order chi connectivity index (χ1) is 17.8. The van der Waals surface area contributed by atoms with Crippen LogP contribution in [0.2, 0.25) is 0 Å². The molecule has 37 heavy (non-hydrogen) atoms. The second-order valence-corrected chi connectivity index (χ2v) is 10.2. The van der Waals surface area contributed by atoms with Crippen LogP contribution < -0.4 is 14.8 Å². The third kappa shape index (κ3) is 5.95. The van der Waals surface area contributed by atoms with Crippen molar-refractivity contribution >= 4 is 28.6 Å². The SMILES string of the molecule is COc1ccc(NC(=O)c2ncc(-c3ccccc3)o2)cc1[S+]([O-])Nc1c(C(C)C)ccnc1C(C)C. The summed E-state index contributed by atoms with van der Waals surface area (Å²) in [4.78, 5) is 21.8. The summed E-state index contributed by atoms with van der Waals surface area (Å²) in [6, 6.07) is 16.3. The van der Waals surface area contributed by atoms with Crippen molar-refractivity contribution < 1.29 is 18.5 Å². The molecule has 9 heteroatoms. The molecule has 2 aromatic carbocycles. The molecule has 0 spiro atoms. The van der Waals surface area contributed by atoms with Gasteiger partial charge < -0.3 is 19.0 Å². The molecule has 0 saturated heterocycles. The average Bonchev–Trinajstić information content (AvgIpc) is 3.39. The molecule has 1 unspecified atom stereocenters. The Kier molecular flexibility index (Phi) is 8.15. The molecule has 1 amide bonds. The number of nitrogens with one attached hydrogen (secondary N) is 2. The summed E-state index contributed by atoms with van der Waals surface area (Å²) in [5.41, 5.74) is 3.85. The predicted octanol–water partition coefficient (Wildman–Crippen LogP) is 6.38. The molecule has 0 aliphatic carbocycles. The minimum atomic E-state index is -1.70. The number of oxazole rings is 1. The van der Waals surface area contributed by atoms with Crippen LogP contribution in [0.25, 0.3) is 11.3 Å². The lowest BCUT2D eigenvalue weighted by Gasteiger charge is -2.21. The summed E-state index contributed by atoms with van der Waals surface area (Å²) in [7, 11) is 1.51. The highest BCUT2D eigenvalue weighted by molar-refractivity contribution is 7.92. The Hall–Kier alpha value is -3.82. The third-order valence-electron chi connectivity index (χ3n) is 5.76. The maximum absolute atomic E-state index is 13.6. The smallest absolute Gasteiger partial charge is 0.311 e. The maximum Gasteiger partial charge on any atom is 0.311 e. The third-order valence-corrected chi connectivity index (χ3v) is 6.86. The molecule has 0 aliphatic heterocycles. The fraction of sp³-hybridized carbons (Fsp3) is 0.250. The average molecular weight is 519 g/mol. The Balaban J connectivity index is 1.58. The van der Waals surface area contributed by atoms with E-state index in [0.29, 0.717) is 22.1 Å². The quantitative estimate of drug-likeness (QED) is 0.247. The van der Waals surface area contributed by atoms with Gasteiger partial charge in [0.25, 0.3) is 5.89 Å². The van der Waals surface area contributed by atoms with Gasteiger partial charge in [-0.1, -0.05) is 58.0 Å². The molecule has 4 aromatic rings. The van der Waals surface area contributed by atoms with Crippen LogP contribution in [-0.4, -0.2) is 27.5 Å².